The van der Waals surface area contributed by atoms with E-state index in [0.717, 1.165) is 17.9 Å². The maximum absolute atomic E-state index is 11.3. The number of thioether (sulfide) groups is 1. The Morgan fingerprint density at radius 3 is 2.15 bits per heavy atom. The second kappa shape index (κ2) is 17.1. The van der Waals surface area contributed by atoms with E-state index in [2.05, 4.69) is 54.1 Å². The summed E-state index contributed by atoms with van der Waals surface area (Å²) in [6.45, 7) is 5.56. The van der Waals surface area contributed by atoms with Crippen molar-refractivity contribution in [1.29, 1.82) is 0 Å². The lowest BCUT2D eigenvalue weighted by Gasteiger charge is -2.14. The molecule has 2 aromatic carbocycles. The number of hydrogen-bond acceptors (Lipinski definition) is 7. The molecule has 0 spiro atoms. The number of carboxylic acids is 3. The summed E-state index contributed by atoms with van der Waals surface area (Å²) in [5.74, 6) is -2.37. The fraction of sp³-hybridized carbons (Fsp3) is 0.367. The van der Waals surface area contributed by atoms with Gasteiger partial charge in [0.2, 0.25) is 0 Å². The maximum Gasteiger partial charge on any atom is 0.333 e. The summed E-state index contributed by atoms with van der Waals surface area (Å²) in [7, 11) is 0. The fourth-order valence-electron chi connectivity index (χ4n) is 3.89. The average molecular weight is 587 g/mol. The molecule has 0 saturated carbocycles. The molecular weight excluding hydrogens is 548 g/mol. The van der Waals surface area contributed by atoms with Crippen molar-refractivity contribution in [3.05, 3.63) is 71.9 Å². The molecule has 0 bridgehead atoms. The Morgan fingerprint density at radius 1 is 0.951 bits per heavy atom. The number of benzene rings is 2. The van der Waals surface area contributed by atoms with Gasteiger partial charge in [0.15, 0.2) is 6.10 Å². The van der Waals surface area contributed by atoms with Gasteiger partial charge in [0, 0.05) is 35.7 Å². The minimum Gasteiger partial charge on any atom is -0.492 e. The van der Waals surface area contributed by atoms with Gasteiger partial charge in [0.1, 0.15) is 18.4 Å². The number of hydrogen-bond donors (Lipinski definition) is 4. The Balaban J connectivity index is 0.000000503. The van der Waals surface area contributed by atoms with Crippen LogP contribution in [0.4, 0.5) is 0 Å². The molecule has 0 amide bonds. The number of aliphatic carboxylic acids is 3. The lowest BCUT2D eigenvalue weighted by molar-refractivity contribution is -0.150. The van der Waals surface area contributed by atoms with Gasteiger partial charge in [-0.15, -0.1) is 11.8 Å². The van der Waals surface area contributed by atoms with Crippen LogP contribution in [0.2, 0.25) is 0 Å². The van der Waals surface area contributed by atoms with Crippen molar-refractivity contribution in [2.24, 2.45) is 5.73 Å². The van der Waals surface area contributed by atoms with Crippen molar-refractivity contribution in [2.45, 2.75) is 56.7 Å². The number of aryl methyl sites for hydroxylation is 1. The standard InChI is InChI=1S/C25H29NO4S.C5H9NO4/c1-4-29-24(25(27)28)17-19-6-10-21(11-7-19)30-16-15-26-18(2)5-14-23(26)20-8-12-22(31-3)13-9-20;6-3(5(9)10)1-2-4(7)8/h5-14,24H,4,15-17H2,1-3H3,(H,27,28);3H,1-2,6H2,(H,7,8)(H,9,10). The highest BCUT2D eigenvalue weighted by atomic mass is 32.2. The molecule has 10 nitrogen and oxygen atoms in total. The minimum absolute atomic E-state index is 0.0231. The third kappa shape index (κ3) is 11.3. The smallest absolute Gasteiger partial charge is 0.333 e. The topological polar surface area (TPSA) is 161 Å². The molecule has 0 radical (unpaired) electrons. The van der Waals surface area contributed by atoms with E-state index in [9.17, 15) is 19.5 Å². The van der Waals surface area contributed by atoms with E-state index in [1.54, 1.807) is 18.7 Å². The van der Waals surface area contributed by atoms with Crippen LogP contribution >= 0.6 is 11.8 Å². The number of aromatic nitrogens is 1. The molecule has 222 valence electrons. The SMILES string of the molecule is CCOC(Cc1ccc(OCCn2c(C)ccc2-c2ccc(SC)cc2)cc1)C(=O)O.NC(CCC(=O)O)C(=O)O. The molecular formula is C30H38N2O8S. The van der Waals surface area contributed by atoms with E-state index in [1.165, 1.54) is 21.8 Å². The van der Waals surface area contributed by atoms with E-state index in [1.807, 2.05) is 24.3 Å². The van der Waals surface area contributed by atoms with E-state index < -0.39 is 30.1 Å². The van der Waals surface area contributed by atoms with Gasteiger partial charge in [0.25, 0.3) is 0 Å². The monoisotopic (exact) mass is 586 g/mol. The van der Waals surface area contributed by atoms with Gasteiger partial charge in [0.05, 0.1) is 6.54 Å². The van der Waals surface area contributed by atoms with Crippen LogP contribution in [0.5, 0.6) is 5.75 Å². The van der Waals surface area contributed by atoms with Crippen LogP contribution in [0.25, 0.3) is 11.3 Å². The Morgan fingerprint density at radius 2 is 1.61 bits per heavy atom. The lowest BCUT2D eigenvalue weighted by Crippen LogP contribution is -2.30. The molecule has 1 heterocycles. The zero-order chi connectivity index (χ0) is 30.4. The van der Waals surface area contributed by atoms with Crippen molar-refractivity contribution in [1.82, 2.24) is 4.57 Å². The minimum atomic E-state index is -1.17. The fourth-order valence-corrected chi connectivity index (χ4v) is 4.30. The summed E-state index contributed by atoms with van der Waals surface area (Å²) in [4.78, 5) is 32.4. The van der Waals surface area contributed by atoms with Crippen LogP contribution in [0, 0.1) is 6.92 Å². The van der Waals surface area contributed by atoms with Crippen molar-refractivity contribution in [2.75, 3.05) is 19.5 Å². The summed E-state index contributed by atoms with van der Waals surface area (Å²) in [6.07, 6.45) is 1.37. The summed E-state index contributed by atoms with van der Waals surface area (Å²) >= 11 is 1.74. The molecule has 0 fully saturated rings. The summed E-state index contributed by atoms with van der Waals surface area (Å²) < 4.78 is 13.5. The number of carboxylic acid groups (broad SMARTS) is 3. The van der Waals surface area contributed by atoms with Crippen LogP contribution in [0.3, 0.4) is 0 Å². The molecule has 11 heteroatoms. The molecule has 0 saturated heterocycles. The van der Waals surface area contributed by atoms with Crippen molar-refractivity contribution in [3.63, 3.8) is 0 Å². The van der Waals surface area contributed by atoms with E-state index in [4.69, 9.17) is 25.4 Å². The Labute approximate surface area is 244 Å². The first-order valence-corrected chi connectivity index (χ1v) is 14.3. The summed E-state index contributed by atoms with van der Waals surface area (Å²) in [5.41, 5.74) is 9.48. The molecule has 3 aromatic rings. The first kappa shape index (κ1) is 33.4. The van der Waals surface area contributed by atoms with Gasteiger partial charge < -0.3 is 35.1 Å². The zero-order valence-electron chi connectivity index (χ0n) is 23.5. The summed E-state index contributed by atoms with van der Waals surface area (Å²) in [5, 5.41) is 25.5. The molecule has 3 rings (SSSR count). The first-order valence-electron chi connectivity index (χ1n) is 13.1. The quantitative estimate of drug-likeness (QED) is 0.186. The van der Waals surface area contributed by atoms with E-state index in [0.29, 0.717) is 19.6 Å². The molecule has 5 N–H and O–H groups in total. The van der Waals surface area contributed by atoms with Crippen LogP contribution in [-0.4, -0.2) is 69.4 Å². The predicted octanol–water partition coefficient (Wildman–Crippen LogP) is 4.56. The second-order valence-electron chi connectivity index (χ2n) is 9.10. The van der Waals surface area contributed by atoms with Gasteiger partial charge in [-0.05, 0) is 74.0 Å². The van der Waals surface area contributed by atoms with Crippen LogP contribution in [-0.2, 0) is 32.1 Å². The molecule has 2 unspecified atom stereocenters. The molecule has 41 heavy (non-hydrogen) atoms. The van der Waals surface area contributed by atoms with Gasteiger partial charge in [-0.25, -0.2) is 4.79 Å². The molecule has 0 aliphatic rings. The van der Waals surface area contributed by atoms with Crippen molar-refractivity contribution >= 4 is 29.7 Å². The molecule has 2 atom stereocenters. The average Bonchev–Trinajstić information content (AvgIpc) is 3.32. The normalized spacial score (nSPS) is 12.1. The zero-order valence-corrected chi connectivity index (χ0v) is 24.3. The molecule has 1 aromatic heterocycles. The van der Waals surface area contributed by atoms with Gasteiger partial charge in [-0.2, -0.15) is 0 Å². The number of nitrogens with two attached hydrogens (primary N) is 1. The Hall–Kier alpha value is -3.80. The van der Waals surface area contributed by atoms with Crippen LogP contribution in [0.15, 0.2) is 65.6 Å². The van der Waals surface area contributed by atoms with Crippen LogP contribution in [0.1, 0.15) is 31.0 Å². The highest BCUT2D eigenvalue weighted by Gasteiger charge is 2.18. The Kier molecular flexibility index (Phi) is 13.9. The number of rotatable bonds is 15. The van der Waals surface area contributed by atoms with Crippen molar-refractivity contribution in [3.8, 4) is 17.0 Å². The largest absolute Gasteiger partial charge is 0.492 e. The van der Waals surface area contributed by atoms with E-state index >= 15 is 0 Å². The third-order valence-corrected chi connectivity index (χ3v) is 6.89. The highest BCUT2D eigenvalue weighted by Crippen LogP contribution is 2.25. The highest BCUT2D eigenvalue weighted by molar-refractivity contribution is 7.98. The number of ether oxygens (including phenoxy) is 2. The molecule has 0 aliphatic carbocycles. The van der Waals surface area contributed by atoms with E-state index in [-0.39, 0.29) is 12.8 Å². The van der Waals surface area contributed by atoms with Gasteiger partial charge in [-0.3, -0.25) is 9.59 Å². The van der Waals surface area contributed by atoms with Crippen molar-refractivity contribution < 1.29 is 39.2 Å². The van der Waals surface area contributed by atoms with Gasteiger partial charge >= 0.3 is 17.9 Å². The Bertz CT molecular complexity index is 1260. The van der Waals surface area contributed by atoms with Crippen LogP contribution < -0.4 is 10.5 Å². The third-order valence-electron chi connectivity index (χ3n) is 6.14. The number of carbonyl (C=O) groups is 3. The lowest BCUT2D eigenvalue weighted by atomic mass is 10.1. The second-order valence-corrected chi connectivity index (χ2v) is 9.98. The predicted molar refractivity (Wildman–Crippen MR) is 158 cm³/mol. The summed E-state index contributed by atoms with van der Waals surface area (Å²) in [6, 6.07) is 19.4. The number of nitrogens with zero attached hydrogens (tertiary/aromatic N) is 1. The first-order chi connectivity index (χ1) is 19.5. The van der Waals surface area contributed by atoms with Gasteiger partial charge in [-0.1, -0.05) is 24.3 Å². The maximum atomic E-state index is 11.3. The molecule has 0 aliphatic heterocycles.